The van der Waals surface area contributed by atoms with Gasteiger partial charge in [-0.15, -0.1) is 0 Å². The number of aliphatic hydroxyl groups excluding tert-OH is 1. The molecule has 0 saturated carbocycles. The maximum absolute atomic E-state index is 12.1. The summed E-state index contributed by atoms with van der Waals surface area (Å²) in [6.45, 7) is 5.23. The van der Waals surface area contributed by atoms with Gasteiger partial charge < -0.3 is 14.6 Å². The predicted molar refractivity (Wildman–Crippen MR) is 168 cm³/mol. The lowest BCUT2D eigenvalue weighted by atomic mass is 10.1. The van der Waals surface area contributed by atoms with E-state index in [0.717, 1.165) is 38.5 Å². The number of carbonyl (C=O) groups is 1. The highest BCUT2D eigenvalue weighted by molar-refractivity contribution is 5.69. The van der Waals surface area contributed by atoms with Gasteiger partial charge in [0.05, 0.1) is 13.2 Å². The Morgan fingerprint density at radius 3 is 1.72 bits per heavy atom. The van der Waals surface area contributed by atoms with Crippen molar-refractivity contribution in [3.63, 3.8) is 0 Å². The van der Waals surface area contributed by atoms with E-state index >= 15 is 0 Å². The van der Waals surface area contributed by atoms with E-state index in [-0.39, 0.29) is 19.2 Å². The van der Waals surface area contributed by atoms with Crippen LogP contribution < -0.4 is 0 Å². The minimum absolute atomic E-state index is 0.180. The molecule has 1 atom stereocenters. The summed E-state index contributed by atoms with van der Waals surface area (Å²) in [5.74, 6) is -0.219. The number of unbranched alkanes of at least 4 members (excludes halogenated alkanes) is 16. The fourth-order valence-electron chi connectivity index (χ4n) is 4.42. The standard InChI is InChI=1S/C35H64O4/c1-3-5-7-9-11-13-15-17-19-21-23-25-27-29-31-38-33-34(32-36)39-35(37)30-28-26-24-22-20-18-16-14-12-10-8-6-4-2/h8,10,13-16,34,36H,3-7,9,11-12,17-33H2,1-2H3/b10-8-,15-13-,16-14-. The maximum Gasteiger partial charge on any atom is 0.306 e. The Hall–Kier alpha value is -1.39. The monoisotopic (exact) mass is 548 g/mol. The number of aliphatic hydroxyl groups is 1. The van der Waals surface area contributed by atoms with Gasteiger partial charge in [0.15, 0.2) is 0 Å². The number of carbonyl (C=O) groups excluding carboxylic acids is 1. The fourth-order valence-corrected chi connectivity index (χ4v) is 4.42. The molecule has 0 bridgehead atoms. The van der Waals surface area contributed by atoms with E-state index in [1.807, 2.05) is 0 Å². The summed E-state index contributed by atoms with van der Waals surface area (Å²) in [5.41, 5.74) is 0. The highest BCUT2D eigenvalue weighted by Crippen LogP contribution is 2.11. The molecule has 0 aliphatic heterocycles. The van der Waals surface area contributed by atoms with Gasteiger partial charge in [-0.2, -0.15) is 0 Å². The van der Waals surface area contributed by atoms with Crippen LogP contribution in [-0.2, 0) is 14.3 Å². The van der Waals surface area contributed by atoms with E-state index in [1.54, 1.807) is 0 Å². The lowest BCUT2D eigenvalue weighted by Crippen LogP contribution is -2.27. The third-order valence-corrected chi connectivity index (χ3v) is 6.92. The summed E-state index contributed by atoms with van der Waals surface area (Å²) in [4.78, 5) is 12.1. The van der Waals surface area contributed by atoms with Gasteiger partial charge in [0.25, 0.3) is 0 Å². The highest BCUT2D eigenvalue weighted by Gasteiger charge is 2.13. The van der Waals surface area contributed by atoms with E-state index in [1.165, 1.54) is 96.3 Å². The molecule has 0 saturated heterocycles. The molecule has 0 aliphatic rings. The lowest BCUT2D eigenvalue weighted by Gasteiger charge is -2.15. The van der Waals surface area contributed by atoms with Gasteiger partial charge in [-0.25, -0.2) is 0 Å². The van der Waals surface area contributed by atoms with Gasteiger partial charge in [-0.1, -0.05) is 121 Å². The Morgan fingerprint density at radius 2 is 1.13 bits per heavy atom. The summed E-state index contributed by atoms with van der Waals surface area (Å²) >= 11 is 0. The zero-order valence-corrected chi connectivity index (χ0v) is 25.9. The van der Waals surface area contributed by atoms with Crippen LogP contribution in [0.15, 0.2) is 36.5 Å². The lowest BCUT2D eigenvalue weighted by molar-refractivity contribution is -0.154. The smallest absolute Gasteiger partial charge is 0.306 e. The summed E-state index contributed by atoms with van der Waals surface area (Å²) in [6.07, 6.45) is 38.8. The third kappa shape index (κ3) is 31.0. The van der Waals surface area contributed by atoms with Crippen LogP contribution in [0.3, 0.4) is 0 Å². The molecule has 0 aliphatic carbocycles. The zero-order valence-electron chi connectivity index (χ0n) is 25.9. The van der Waals surface area contributed by atoms with E-state index in [0.29, 0.717) is 13.0 Å². The molecule has 0 heterocycles. The first-order valence-corrected chi connectivity index (χ1v) is 16.6. The van der Waals surface area contributed by atoms with E-state index in [9.17, 15) is 9.90 Å². The van der Waals surface area contributed by atoms with Gasteiger partial charge >= 0.3 is 5.97 Å². The fraction of sp³-hybridized carbons (Fsp3) is 0.800. The van der Waals surface area contributed by atoms with Crippen molar-refractivity contribution in [2.75, 3.05) is 19.8 Å². The van der Waals surface area contributed by atoms with Gasteiger partial charge in [0, 0.05) is 13.0 Å². The number of hydrogen-bond acceptors (Lipinski definition) is 4. The molecule has 4 heteroatoms. The van der Waals surface area contributed by atoms with Crippen LogP contribution >= 0.6 is 0 Å². The van der Waals surface area contributed by atoms with Crippen LogP contribution in [0, 0.1) is 0 Å². The minimum atomic E-state index is -0.541. The van der Waals surface area contributed by atoms with Crippen molar-refractivity contribution in [1.82, 2.24) is 0 Å². The molecule has 0 rings (SSSR count). The van der Waals surface area contributed by atoms with Crippen molar-refractivity contribution in [2.24, 2.45) is 0 Å². The number of esters is 1. The van der Waals surface area contributed by atoms with Crippen LogP contribution in [0.5, 0.6) is 0 Å². The number of allylic oxidation sites excluding steroid dienone is 6. The molecule has 0 spiro atoms. The largest absolute Gasteiger partial charge is 0.457 e. The number of ether oxygens (including phenoxy) is 2. The first-order valence-electron chi connectivity index (χ1n) is 16.6. The molecular formula is C35H64O4. The topological polar surface area (TPSA) is 55.8 Å². The normalized spacial score (nSPS) is 12.8. The van der Waals surface area contributed by atoms with Crippen LogP contribution in [0.2, 0.25) is 0 Å². The van der Waals surface area contributed by atoms with E-state index < -0.39 is 6.10 Å². The van der Waals surface area contributed by atoms with Crippen molar-refractivity contribution < 1.29 is 19.4 Å². The molecule has 39 heavy (non-hydrogen) atoms. The zero-order chi connectivity index (χ0) is 28.5. The summed E-state index contributed by atoms with van der Waals surface area (Å²) in [7, 11) is 0. The van der Waals surface area contributed by atoms with Crippen molar-refractivity contribution in [3.8, 4) is 0 Å². The molecule has 0 aromatic rings. The Kier molecular flexibility index (Phi) is 31.7. The van der Waals surface area contributed by atoms with Crippen molar-refractivity contribution in [3.05, 3.63) is 36.5 Å². The molecule has 0 amide bonds. The van der Waals surface area contributed by atoms with Crippen molar-refractivity contribution in [1.29, 1.82) is 0 Å². The summed E-state index contributed by atoms with van der Waals surface area (Å²) in [6, 6.07) is 0. The quantitative estimate of drug-likeness (QED) is 0.0551. The average molecular weight is 549 g/mol. The van der Waals surface area contributed by atoms with E-state index in [4.69, 9.17) is 9.47 Å². The first-order chi connectivity index (χ1) is 19.2. The Labute approximate surface area is 242 Å². The van der Waals surface area contributed by atoms with Gasteiger partial charge in [-0.3, -0.25) is 4.79 Å². The van der Waals surface area contributed by atoms with Gasteiger partial charge in [0.1, 0.15) is 6.10 Å². The molecule has 4 nitrogen and oxygen atoms in total. The molecule has 1 unspecified atom stereocenters. The molecule has 0 fully saturated rings. The van der Waals surface area contributed by atoms with Gasteiger partial charge in [-0.05, 0) is 64.2 Å². The number of rotatable bonds is 30. The second-order valence-corrected chi connectivity index (χ2v) is 10.9. The second kappa shape index (κ2) is 32.8. The van der Waals surface area contributed by atoms with Crippen LogP contribution in [-0.4, -0.2) is 37.0 Å². The summed E-state index contributed by atoms with van der Waals surface area (Å²) < 4.78 is 11.1. The maximum atomic E-state index is 12.1. The van der Waals surface area contributed by atoms with Crippen molar-refractivity contribution >= 4 is 5.97 Å². The highest BCUT2D eigenvalue weighted by atomic mass is 16.6. The SMILES string of the molecule is CCC/C=C\C/C=C\CCCCCCCC(=O)OC(CO)COCCCCCCCC/C=C\CCCCCC. The predicted octanol–water partition coefficient (Wildman–Crippen LogP) is 10.2. The first kappa shape index (κ1) is 37.6. The second-order valence-electron chi connectivity index (χ2n) is 10.9. The Morgan fingerprint density at radius 1 is 0.615 bits per heavy atom. The van der Waals surface area contributed by atoms with Crippen molar-refractivity contribution in [2.45, 2.75) is 161 Å². The third-order valence-electron chi connectivity index (χ3n) is 6.92. The Bertz CT molecular complexity index is 581. The minimum Gasteiger partial charge on any atom is -0.457 e. The average Bonchev–Trinajstić information content (AvgIpc) is 2.94. The van der Waals surface area contributed by atoms with Crippen LogP contribution in [0.1, 0.15) is 155 Å². The molecule has 228 valence electrons. The number of hydrogen-bond donors (Lipinski definition) is 1. The molecule has 1 N–H and O–H groups in total. The molecule has 0 radical (unpaired) electrons. The van der Waals surface area contributed by atoms with E-state index in [2.05, 4.69) is 50.3 Å². The van der Waals surface area contributed by atoms with Crippen LogP contribution in [0.4, 0.5) is 0 Å². The molecule has 0 aromatic heterocycles. The summed E-state index contributed by atoms with van der Waals surface area (Å²) in [5, 5.41) is 9.51. The Balaban J connectivity index is 3.49. The molecule has 0 aromatic carbocycles. The van der Waals surface area contributed by atoms with Gasteiger partial charge in [0.2, 0.25) is 0 Å². The van der Waals surface area contributed by atoms with Crippen LogP contribution in [0.25, 0.3) is 0 Å². The molecular weight excluding hydrogens is 484 g/mol.